The number of hydrogen-bond acceptors (Lipinski definition) is 2. The van der Waals surface area contributed by atoms with Crippen molar-refractivity contribution in [3.8, 4) is 0 Å². The Morgan fingerprint density at radius 3 is 2.76 bits per heavy atom. The van der Waals surface area contributed by atoms with E-state index in [-0.39, 0.29) is 6.04 Å². The van der Waals surface area contributed by atoms with Gasteiger partial charge in [0.15, 0.2) is 0 Å². The highest BCUT2D eigenvalue weighted by molar-refractivity contribution is 5.32. The summed E-state index contributed by atoms with van der Waals surface area (Å²) < 4.78 is 0. The molecule has 0 aliphatic carbocycles. The van der Waals surface area contributed by atoms with Crippen LogP contribution in [0.1, 0.15) is 49.3 Å². The summed E-state index contributed by atoms with van der Waals surface area (Å²) >= 11 is 0. The van der Waals surface area contributed by atoms with Crippen LogP contribution in [0.5, 0.6) is 0 Å². The smallest absolute Gasteiger partial charge is 0.0268 e. The highest BCUT2D eigenvalue weighted by atomic mass is 15.1. The second kappa shape index (κ2) is 5.65. The lowest BCUT2D eigenvalue weighted by Gasteiger charge is -2.20. The van der Waals surface area contributed by atoms with Gasteiger partial charge in [0, 0.05) is 6.04 Å². The van der Waals surface area contributed by atoms with Gasteiger partial charge in [0.05, 0.1) is 0 Å². The Morgan fingerprint density at radius 2 is 2.00 bits per heavy atom. The van der Waals surface area contributed by atoms with Crippen molar-refractivity contribution >= 4 is 0 Å². The molecule has 2 rings (SSSR count). The first kappa shape index (κ1) is 12.6. The van der Waals surface area contributed by atoms with E-state index >= 15 is 0 Å². The summed E-state index contributed by atoms with van der Waals surface area (Å²) in [5.41, 5.74) is 8.90. The molecule has 1 heterocycles. The molecule has 2 nitrogen and oxygen atoms in total. The molecule has 1 aliphatic heterocycles. The number of hydrogen-bond donors (Lipinski definition) is 1. The van der Waals surface area contributed by atoms with Gasteiger partial charge in [0.2, 0.25) is 0 Å². The Balaban J connectivity index is 2.21. The molecule has 1 fully saturated rings. The number of benzene rings is 1. The Bertz CT molecular complexity index is 360. The van der Waals surface area contributed by atoms with Gasteiger partial charge in [-0.25, -0.2) is 0 Å². The molecule has 0 spiro atoms. The SMILES string of the molecule is CC(N)c1ccccc1C1CCCN(C)CC1. The first-order valence-electron chi connectivity index (χ1n) is 6.71. The minimum absolute atomic E-state index is 0.146. The molecule has 0 amide bonds. The van der Waals surface area contributed by atoms with E-state index in [0.717, 1.165) is 0 Å². The third-order valence-electron chi connectivity index (χ3n) is 3.88. The fourth-order valence-electron chi connectivity index (χ4n) is 2.85. The maximum Gasteiger partial charge on any atom is 0.0268 e. The maximum atomic E-state index is 6.08. The van der Waals surface area contributed by atoms with Gasteiger partial charge >= 0.3 is 0 Å². The molecule has 94 valence electrons. The van der Waals surface area contributed by atoms with E-state index in [1.54, 1.807) is 0 Å². The van der Waals surface area contributed by atoms with Crippen molar-refractivity contribution in [1.82, 2.24) is 4.90 Å². The molecule has 2 heteroatoms. The van der Waals surface area contributed by atoms with Gasteiger partial charge in [-0.2, -0.15) is 0 Å². The highest BCUT2D eigenvalue weighted by Gasteiger charge is 2.19. The molecular weight excluding hydrogens is 208 g/mol. The summed E-state index contributed by atoms with van der Waals surface area (Å²) in [6.45, 7) is 4.52. The van der Waals surface area contributed by atoms with Crippen molar-refractivity contribution in [3.63, 3.8) is 0 Å². The summed E-state index contributed by atoms with van der Waals surface area (Å²) in [6, 6.07) is 8.86. The van der Waals surface area contributed by atoms with Crippen LogP contribution >= 0.6 is 0 Å². The number of nitrogens with two attached hydrogens (primary N) is 1. The van der Waals surface area contributed by atoms with E-state index in [1.807, 2.05) is 0 Å². The van der Waals surface area contributed by atoms with Crippen molar-refractivity contribution in [3.05, 3.63) is 35.4 Å². The van der Waals surface area contributed by atoms with Gasteiger partial charge in [-0.3, -0.25) is 0 Å². The molecule has 1 aromatic rings. The fraction of sp³-hybridized carbons (Fsp3) is 0.600. The van der Waals surface area contributed by atoms with Gasteiger partial charge in [-0.15, -0.1) is 0 Å². The quantitative estimate of drug-likeness (QED) is 0.849. The third kappa shape index (κ3) is 3.08. The fourth-order valence-corrected chi connectivity index (χ4v) is 2.85. The summed E-state index contributed by atoms with van der Waals surface area (Å²) in [6.07, 6.45) is 3.86. The molecule has 0 aromatic heterocycles. The van der Waals surface area contributed by atoms with E-state index in [0.29, 0.717) is 5.92 Å². The minimum Gasteiger partial charge on any atom is -0.324 e. The van der Waals surface area contributed by atoms with E-state index in [1.165, 1.54) is 43.5 Å². The molecule has 2 N–H and O–H groups in total. The standard InChI is InChI=1S/C15H24N2/c1-12(16)14-7-3-4-8-15(14)13-6-5-10-17(2)11-9-13/h3-4,7-8,12-13H,5-6,9-11,16H2,1-2H3. The summed E-state index contributed by atoms with van der Waals surface area (Å²) in [4.78, 5) is 2.44. The molecule has 1 saturated heterocycles. The van der Waals surface area contributed by atoms with Crippen LogP contribution in [-0.4, -0.2) is 25.0 Å². The molecule has 1 aromatic carbocycles. The summed E-state index contributed by atoms with van der Waals surface area (Å²) in [5.74, 6) is 0.696. The normalized spacial score (nSPS) is 24.3. The van der Waals surface area contributed by atoms with Gasteiger partial charge in [0.1, 0.15) is 0 Å². The Labute approximate surface area is 105 Å². The monoisotopic (exact) mass is 232 g/mol. The van der Waals surface area contributed by atoms with Crippen LogP contribution in [0.25, 0.3) is 0 Å². The topological polar surface area (TPSA) is 29.3 Å². The second-order valence-electron chi connectivity index (χ2n) is 5.35. The van der Waals surface area contributed by atoms with Gasteiger partial charge in [-0.05, 0) is 63.4 Å². The molecule has 1 aliphatic rings. The molecule has 17 heavy (non-hydrogen) atoms. The third-order valence-corrected chi connectivity index (χ3v) is 3.88. The van der Waals surface area contributed by atoms with Crippen LogP contribution in [0.15, 0.2) is 24.3 Å². The minimum atomic E-state index is 0.146. The molecule has 0 radical (unpaired) electrons. The summed E-state index contributed by atoms with van der Waals surface area (Å²) in [7, 11) is 2.22. The summed E-state index contributed by atoms with van der Waals surface area (Å²) in [5, 5.41) is 0. The van der Waals surface area contributed by atoms with Crippen molar-refractivity contribution in [2.24, 2.45) is 5.73 Å². The number of nitrogens with zero attached hydrogens (tertiary/aromatic N) is 1. The van der Waals surface area contributed by atoms with Gasteiger partial charge in [0.25, 0.3) is 0 Å². The zero-order chi connectivity index (χ0) is 12.3. The average Bonchev–Trinajstić information content (AvgIpc) is 2.54. The van der Waals surface area contributed by atoms with E-state index in [4.69, 9.17) is 5.73 Å². The second-order valence-corrected chi connectivity index (χ2v) is 5.35. The van der Waals surface area contributed by atoms with Crippen LogP contribution in [0.2, 0.25) is 0 Å². The zero-order valence-corrected chi connectivity index (χ0v) is 11.0. The number of likely N-dealkylation sites (tertiary alicyclic amines) is 1. The van der Waals surface area contributed by atoms with Crippen LogP contribution in [-0.2, 0) is 0 Å². The van der Waals surface area contributed by atoms with E-state index < -0.39 is 0 Å². The van der Waals surface area contributed by atoms with Crippen LogP contribution in [0.3, 0.4) is 0 Å². The van der Waals surface area contributed by atoms with Crippen LogP contribution in [0.4, 0.5) is 0 Å². The lowest BCUT2D eigenvalue weighted by atomic mass is 9.87. The Kier molecular flexibility index (Phi) is 4.19. The van der Waals surface area contributed by atoms with Gasteiger partial charge < -0.3 is 10.6 Å². The van der Waals surface area contributed by atoms with Crippen molar-refractivity contribution in [2.75, 3.05) is 20.1 Å². The average molecular weight is 232 g/mol. The first-order chi connectivity index (χ1) is 8.18. The Hall–Kier alpha value is -0.860. The molecule has 0 bridgehead atoms. The largest absolute Gasteiger partial charge is 0.324 e. The van der Waals surface area contributed by atoms with Crippen LogP contribution in [0, 0.1) is 0 Å². The highest BCUT2D eigenvalue weighted by Crippen LogP contribution is 2.31. The zero-order valence-electron chi connectivity index (χ0n) is 11.0. The van der Waals surface area contributed by atoms with E-state index in [2.05, 4.69) is 43.1 Å². The van der Waals surface area contributed by atoms with Crippen molar-refractivity contribution in [1.29, 1.82) is 0 Å². The molecular formula is C15H24N2. The molecule has 2 unspecified atom stereocenters. The predicted molar refractivity (Wildman–Crippen MR) is 73.1 cm³/mol. The van der Waals surface area contributed by atoms with Crippen molar-refractivity contribution in [2.45, 2.75) is 38.1 Å². The first-order valence-corrected chi connectivity index (χ1v) is 6.71. The predicted octanol–water partition coefficient (Wildman–Crippen LogP) is 2.91. The lowest BCUT2D eigenvalue weighted by molar-refractivity contribution is 0.347. The number of rotatable bonds is 2. The molecule has 2 atom stereocenters. The van der Waals surface area contributed by atoms with Gasteiger partial charge in [-0.1, -0.05) is 24.3 Å². The van der Waals surface area contributed by atoms with Crippen molar-refractivity contribution < 1.29 is 0 Å². The lowest BCUT2D eigenvalue weighted by Crippen LogP contribution is -2.19. The van der Waals surface area contributed by atoms with E-state index in [9.17, 15) is 0 Å². The van der Waals surface area contributed by atoms with Crippen LogP contribution < -0.4 is 5.73 Å². The molecule has 0 saturated carbocycles. The maximum absolute atomic E-state index is 6.08. The Morgan fingerprint density at radius 1 is 1.24 bits per heavy atom.